The number of aromatic nitrogens is 3. The third-order valence-electron chi connectivity index (χ3n) is 8.94. The fraction of sp³-hybridized carbons (Fsp3) is 0.216. The van der Waals surface area contributed by atoms with E-state index in [2.05, 4.69) is 30.9 Å². The lowest BCUT2D eigenvalue weighted by Crippen LogP contribution is -2.58. The minimum absolute atomic E-state index is 0.00458. The number of fused-ring (bicyclic) bond motifs is 3. The first-order valence-electron chi connectivity index (χ1n) is 16.4. The Balaban J connectivity index is 1.21. The number of aromatic amines is 3. The summed E-state index contributed by atoms with van der Waals surface area (Å²) < 4.78 is 0. The normalized spacial score (nSPS) is 13.7. The SMILES string of the molecule is NC(=O)CC(NC(=O)C(Cc1c[nH]c2ccccc12)NC(=O)C(N)Cc1c[nH]c2ccccc12)C(=O)NC(Cc1c[nH]c2ccccc12)C(=O)O. The lowest BCUT2D eigenvalue weighted by Gasteiger charge is -2.25. The summed E-state index contributed by atoms with van der Waals surface area (Å²) in [5.41, 5.74) is 16.5. The molecule has 3 aromatic carbocycles. The Bertz CT molecular complexity index is 2240. The molecule has 4 amide bonds. The van der Waals surface area contributed by atoms with E-state index in [-0.39, 0.29) is 19.3 Å². The molecule has 0 spiro atoms. The summed E-state index contributed by atoms with van der Waals surface area (Å²) in [6.07, 6.45) is 4.65. The van der Waals surface area contributed by atoms with Gasteiger partial charge in [0.1, 0.15) is 18.1 Å². The molecule has 0 aliphatic rings. The Morgan fingerprint density at radius 2 is 0.961 bits per heavy atom. The second-order valence-corrected chi connectivity index (χ2v) is 12.5. The molecule has 0 bridgehead atoms. The fourth-order valence-corrected chi connectivity index (χ4v) is 6.31. The van der Waals surface area contributed by atoms with Gasteiger partial charge in [0.25, 0.3) is 0 Å². The third kappa shape index (κ3) is 7.92. The Morgan fingerprint density at radius 3 is 1.43 bits per heavy atom. The largest absolute Gasteiger partial charge is 0.480 e. The first-order valence-corrected chi connectivity index (χ1v) is 16.4. The van der Waals surface area contributed by atoms with Gasteiger partial charge in [0.05, 0.1) is 12.5 Å². The fourth-order valence-electron chi connectivity index (χ4n) is 6.31. The highest BCUT2D eigenvalue weighted by Crippen LogP contribution is 2.22. The van der Waals surface area contributed by atoms with E-state index >= 15 is 0 Å². The quantitative estimate of drug-likeness (QED) is 0.0774. The van der Waals surface area contributed by atoms with Crippen molar-refractivity contribution in [3.8, 4) is 0 Å². The number of H-pyrrole nitrogens is 3. The molecule has 0 fully saturated rings. The molecule has 0 aliphatic carbocycles. The van der Waals surface area contributed by atoms with E-state index in [0.717, 1.165) is 38.3 Å². The number of carboxylic acid groups (broad SMARTS) is 1. The molecule has 0 radical (unpaired) electrons. The minimum atomic E-state index is -1.54. The number of carbonyl (C=O) groups is 5. The maximum absolute atomic E-state index is 13.9. The summed E-state index contributed by atoms with van der Waals surface area (Å²) in [4.78, 5) is 74.7. The number of aliphatic carboxylic acids is 1. The van der Waals surface area contributed by atoms with Gasteiger partial charge in [-0.3, -0.25) is 19.2 Å². The molecule has 6 rings (SSSR count). The molecule has 14 nitrogen and oxygen atoms in total. The van der Waals surface area contributed by atoms with E-state index < -0.39 is 60.2 Å². The first-order chi connectivity index (χ1) is 24.6. The van der Waals surface area contributed by atoms with Crippen LogP contribution in [0.3, 0.4) is 0 Å². The summed E-state index contributed by atoms with van der Waals surface area (Å²) in [5.74, 6) is -4.55. The van der Waals surface area contributed by atoms with Gasteiger partial charge in [-0.2, -0.15) is 0 Å². The van der Waals surface area contributed by atoms with Crippen LogP contribution in [0.15, 0.2) is 91.4 Å². The summed E-state index contributed by atoms with van der Waals surface area (Å²) >= 11 is 0. The van der Waals surface area contributed by atoms with Gasteiger partial charge in [-0.15, -0.1) is 0 Å². The standard InChI is InChI=1S/C37H38N8O6/c38-26(13-20-17-40-27-10-4-1-7-23(20)27)34(47)43-30(14-21-18-41-28-11-5-2-8-24(21)28)35(48)44-31(16-33(39)46)36(49)45-32(37(50)51)15-22-19-42-29-12-6-3-9-25(22)29/h1-12,17-19,26,30-32,40-42H,13-16,38H2,(H2,39,46)(H,43,47)(H,44,48)(H,45,49)(H,50,51). The second-order valence-electron chi connectivity index (χ2n) is 12.5. The predicted molar refractivity (Wildman–Crippen MR) is 191 cm³/mol. The highest BCUT2D eigenvalue weighted by Gasteiger charge is 2.32. The molecule has 3 aromatic heterocycles. The van der Waals surface area contributed by atoms with Crippen molar-refractivity contribution < 1.29 is 29.1 Å². The molecule has 3 heterocycles. The second kappa shape index (κ2) is 15.0. The molecule has 262 valence electrons. The molecular weight excluding hydrogens is 652 g/mol. The number of primary amides is 1. The molecule has 0 aliphatic heterocycles. The highest BCUT2D eigenvalue weighted by molar-refractivity contribution is 5.97. The summed E-state index contributed by atoms with van der Waals surface area (Å²) in [6.45, 7) is 0. The number of carboxylic acids is 1. The lowest BCUT2D eigenvalue weighted by atomic mass is 10.0. The van der Waals surface area contributed by atoms with Crippen molar-refractivity contribution in [3.05, 3.63) is 108 Å². The average Bonchev–Trinajstić information content (AvgIpc) is 3.84. The number of carbonyl (C=O) groups excluding carboxylic acids is 4. The molecule has 6 aromatic rings. The Morgan fingerprint density at radius 1 is 0.569 bits per heavy atom. The molecule has 4 atom stereocenters. The van der Waals surface area contributed by atoms with E-state index in [9.17, 15) is 29.1 Å². The smallest absolute Gasteiger partial charge is 0.326 e. The first kappa shape index (κ1) is 34.5. The maximum Gasteiger partial charge on any atom is 0.326 e. The Labute approximate surface area is 291 Å². The maximum atomic E-state index is 13.9. The van der Waals surface area contributed by atoms with E-state index in [4.69, 9.17) is 11.5 Å². The average molecular weight is 691 g/mol. The zero-order chi connectivity index (χ0) is 36.1. The topological polar surface area (TPSA) is 241 Å². The van der Waals surface area contributed by atoms with Crippen LogP contribution in [0.25, 0.3) is 32.7 Å². The summed E-state index contributed by atoms with van der Waals surface area (Å²) in [6, 6.07) is 17.1. The van der Waals surface area contributed by atoms with Gasteiger partial charge in [-0.05, 0) is 41.3 Å². The number of nitrogens with two attached hydrogens (primary N) is 2. The van der Waals surface area contributed by atoms with Crippen molar-refractivity contribution in [2.45, 2.75) is 49.9 Å². The van der Waals surface area contributed by atoms with Crippen LogP contribution in [0, 0.1) is 0 Å². The van der Waals surface area contributed by atoms with Gasteiger partial charge in [0.15, 0.2) is 0 Å². The van der Waals surface area contributed by atoms with Crippen molar-refractivity contribution in [1.82, 2.24) is 30.9 Å². The number of amides is 4. The summed E-state index contributed by atoms with van der Waals surface area (Å²) in [7, 11) is 0. The van der Waals surface area contributed by atoms with Crippen LogP contribution in [0.2, 0.25) is 0 Å². The van der Waals surface area contributed by atoms with Crippen LogP contribution in [-0.2, 0) is 43.2 Å². The predicted octanol–water partition coefficient (Wildman–Crippen LogP) is 1.90. The molecule has 4 unspecified atom stereocenters. The number of benzene rings is 3. The van der Waals surface area contributed by atoms with Gasteiger partial charge in [0, 0.05) is 64.1 Å². The van der Waals surface area contributed by atoms with Gasteiger partial charge in [-0.1, -0.05) is 54.6 Å². The number of hydrogen-bond donors (Lipinski definition) is 9. The number of para-hydroxylation sites is 3. The van der Waals surface area contributed by atoms with Crippen molar-refractivity contribution in [3.63, 3.8) is 0 Å². The van der Waals surface area contributed by atoms with Gasteiger partial charge >= 0.3 is 5.97 Å². The van der Waals surface area contributed by atoms with Crippen LogP contribution in [0.5, 0.6) is 0 Å². The van der Waals surface area contributed by atoms with Crippen LogP contribution >= 0.6 is 0 Å². The van der Waals surface area contributed by atoms with Gasteiger partial charge < -0.3 is 47.5 Å². The minimum Gasteiger partial charge on any atom is -0.480 e. The third-order valence-corrected chi connectivity index (χ3v) is 8.94. The molecule has 14 heteroatoms. The number of hydrogen-bond acceptors (Lipinski definition) is 6. The van der Waals surface area contributed by atoms with Crippen LogP contribution in [-0.4, -0.2) is 73.8 Å². The summed E-state index contributed by atoms with van der Waals surface area (Å²) in [5, 5.41) is 20.2. The van der Waals surface area contributed by atoms with Crippen molar-refractivity contribution in [2.75, 3.05) is 0 Å². The molecule has 0 saturated carbocycles. The van der Waals surface area contributed by atoms with E-state index in [1.807, 2.05) is 72.8 Å². The Kier molecular flexibility index (Phi) is 10.1. The van der Waals surface area contributed by atoms with E-state index in [0.29, 0.717) is 11.1 Å². The monoisotopic (exact) mass is 690 g/mol. The zero-order valence-corrected chi connectivity index (χ0v) is 27.4. The molecule has 51 heavy (non-hydrogen) atoms. The highest BCUT2D eigenvalue weighted by atomic mass is 16.4. The zero-order valence-electron chi connectivity index (χ0n) is 27.4. The van der Waals surface area contributed by atoms with Crippen LogP contribution in [0.1, 0.15) is 23.1 Å². The van der Waals surface area contributed by atoms with Crippen molar-refractivity contribution >= 4 is 62.3 Å². The lowest BCUT2D eigenvalue weighted by molar-refractivity contribution is -0.142. The molecular formula is C37H38N8O6. The van der Waals surface area contributed by atoms with Crippen molar-refractivity contribution in [2.24, 2.45) is 11.5 Å². The van der Waals surface area contributed by atoms with E-state index in [1.54, 1.807) is 18.6 Å². The van der Waals surface area contributed by atoms with Crippen LogP contribution in [0.4, 0.5) is 0 Å². The van der Waals surface area contributed by atoms with Gasteiger partial charge in [0.2, 0.25) is 23.6 Å². The van der Waals surface area contributed by atoms with E-state index in [1.165, 1.54) is 0 Å². The molecule has 11 N–H and O–H groups in total. The Hall–Kier alpha value is -6.41. The number of nitrogens with one attached hydrogen (secondary N) is 6. The number of rotatable bonds is 15. The van der Waals surface area contributed by atoms with Crippen LogP contribution < -0.4 is 27.4 Å². The molecule has 0 saturated heterocycles. The van der Waals surface area contributed by atoms with Gasteiger partial charge in [-0.25, -0.2) is 4.79 Å². The van der Waals surface area contributed by atoms with Crippen molar-refractivity contribution in [1.29, 1.82) is 0 Å².